The van der Waals surface area contributed by atoms with Crippen molar-refractivity contribution in [1.29, 1.82) is 0 Å². The molecule has 0 spiro atoms. The lowest BCUT2D eigenvalue weighted by Crippen LogP contribution is -2.44. The van der Waals surface area contributed by atoms with Gasteiger partial charge in [-0.25, -0.2) is 0 Å². The molecule has 10 heteroatoms. The second-order valence-corrected chi connectivity index (χ2v) is 4.27. The van der Waals surface area contributed by atoms with Gasteiger partial charge in [-0.1, -0.05) is 0 Å². The van der Waals surface area contributed by atoms with Crippen LogP contribution in [0.2, 0.25) is 0 Å². The highest BCUT2D eigenvalue weighted by atomic mass is 32.2. The minimum atomic E-state index is -4.60. The molecule has 0 saturated carbocycles. The SMILES string of the molecule is COC(CNS(=O)(=O)NCC(F)(F)F)OC. The summed E-state index contributed by atoms with van der Waals surface area (Å²) in [4.78, 5) is 0. The number of rotatable bonds is 7. The van der Waals surface area contributed by atoms with Gasteiger partial charge in [0, 0.05) is 14.2 Å². The van der Waals surface area contributed by atoms with Crippen molar-refractivity contribution < 1.29 is 31.1 Å². The van der Waals surface area contributed by atoms with Crippen LogP contribution in [-0.4, -0.2) is 48.2 Å². The summed E-state index contributed by atoms with van der Waals surface area (Å²) < 4.78 is 69.6. The van der Waals surface area contributed by atoms with Crippen LogP contribution in [0.1, 0.15) is 0 Å². The van der Waals surface area contributed by atoms with Crippen molar-refractivity contribution in [1.82, 2.24) is 9.44 Å². The first-order chi connectivity index (χ1) is 7.20. The van der Waals surface area contributed by atoms with Gasteiger partial charge >= 0.3 is 6.18 Å². The van der Waals surface area contributed by atoms with Crippen LogP contribution in [0.15, 0.2) is 0 Å². The van der Waals surface area contributed by atoms with Crippen molar-refractivity contribution in [2.75, 3.05) is 27.3 Å². The van der Waals surface area contributed by atoms with Gasteiger partial charge < -0.3 is 9.47 Å². The average molecular weight is 266 g/mol. The van der Waals surface area contributed by atoms with Gasteiger partial charge in [-0.15, -0.1) is 0 Å². The first kappa shape index (κ1) is 15.6. The van der Waals surface area contributed by atoms with Gasteiger partial charge in [-0.2, -0.15) is 31.0 Å². The predicted octanol–water partition coefficient (Wildman–Crippen LogP) is -0.408. The van der Waals surface area contributed by atoms with E-state index in [1.807, 2.05) is 4.72 Å². The van der Waals surface area contributed by atoms with Crippen LogP contribution in [0.4, 0.5) is 13.2 Å². The van der Waals surface area contributed by atoms with Gasteiger partial charge in [0.15, 0.2) is 6.29 Å². The number of hydrogen-bond donors (Lipinski definition) is 2. The molecule has 16 heavy (non-hydrogen) atoms. The number of halogens is 3. The zero-order chi connectivity index (χ0) is 12.8. The largest absolute Gasteiger partial charge is 0.402 e. The summed E-state index contributed by atoms with van der Waals surface area (Å²) in [7, 11) is -1.67. The van der Waals surface area contributed by atoms with Crippen molar-refractivity contribution in [3.05, 3.63) is 0 Å². The standard InChI is InChI=1S/C6H13F3N2O4S/c1-14-5(15-2)3-10-16(12,13)11-4-6(7,8)9/h5,10-11H,3-4H2,1-2H3. The molecular weight excluding hydrogens is 253 g/mol. The molecule has 0 aromatic carbocycles. The summed E-state index contributed by atoms with van der Waals surface area (Å²) in [6.07, 6.45) is -5.46. The predicted molar refractivity (Wildman–Crippen MR) is 48.8 cm³/mol. The lowest BCUT2D eigenvalue weighted by Gasteiger charge is -2.15. The van der Waals surface area contributed by atoms with Crippen LogP contribution in [0.25, 0.3) is 0 Å². The number of nitrogens with one attached hydrogen (secondary N) is 2. The molecule has 0 aromatic rings. The fourth-order valence-corrected chi connectivity index (χ4v) is 1.48. The highest BCUT2D eigenvalue weighted by Gasteiger charge is 2.29. The second kappa shape index (κ2) is 6.35. The fourth-order valence-electron chi connectivity index (χ4n) is 0.669. The first-order valence-electron chi connectivity index (χ1n) is 4.07. The molecule has 0 rings (SSSR count). The monoisotopic (exact) mass is 266 g/mol. The summed E-state index contributed by atoms with van der Waals surface area (Å²) >= 11 is 0. The van der Waals surface area contributed by atoms with Gasteiger partial charge in [0.2, 0.25) is 0 Å². The number of methoxy groups -OCH3 is 2. The van der Waals surface area contributed by atoms with E-state index < -0.39 is 29.2 Å². The Balaban J connectivity index is 4.06. The molecule has 0 aromatic heterocycles. The molecule has 0 aliphatic heterocycles. The maximum atomic E-state index is 11.7. The highest BCUT2D eigenvalue weighted by Crippen LogP contribution is 2.12. The Morgan fingerprint density at radius 2 is 1.69 bits per heavy atom. The Morgan fingerprint density at radius 1 is 1.19 bits per heavy atom. The van der Waals surface area contributed by atoms with Gasteiger partial charge in [-0.3, -0.25) is 0 Å². The maximum absolute atomic E-state index is 11.7. The molecule has 0 atom stereocenters. The molecule has 0 heterocycles. The molecule has 0 bridgehead atoms. The Kier molecular flexibility index (Phi) is 6.18. The maximum Gasteiger partial charge on any atom is 0.402 e. The third kappa shape index (κ3) is 7.82. The van der Waals surface area contributed by atoms with E-state index in [0.717, 1.165) is 0 Å². The van der Waals surface area contributed by atoms with E-state index in [2.05, 4.69) is 9.47 Å². The van der Waals surface area contributed by atoms with Gasteiger partial charge in [-0.05, 0) is 0 Å². The van der Waals surface area contributed by atoms with E-state index in [-0.39, 0.29) is 6.54 Å². The topological polar surface area (TPSA) is 76.7 Å². The second-order valence-electron chi connectivity index (χ2n) is 2.69. The molecular formula is C6H13F3N2O4S. The number of hydrogen-bond acceptors (Lipinski definition) is 4. The molecule has 2 N–H and O–H groups in total. The van der Waals surface area contributed by atoms with Crippen LogP contribution >= 0.6 is 0 Å². The van der Waals surface area contributed by atoms with Gasteiger partial charge in [0.25, 0.3) is 10.2 Å². The highest BCUT2D eigenvalue weighted by molar-refractivity contribution is 7.87. The Morgan fingerprint density at radius 3 is 2.06 bits per heavy atom. The molecule has 98 valence electrons. The molecule has 0 unspecified atom stereocenters. The van der Waals surface area contributed by atoms with Crippen molar-refractivity contribution in [2.45, 2.75) is 12.5 Å². The van der Waals surface area contributed by atoms with E-state index in [0.29, 0.717) is 0 Å². The van der Waals surface area contributed by atoms with E-state index >= 15 is 0 Å². The van der Waals surface area contributed by atoms with Gasteiger partial charge in [0.05, 0.1) is 6.54 Å². The van der Waals surface area contributed by atoms with Crippen molar-refractivity contribution in [3.8, 4) is 0 Å². The van der Waals surface area contributed by atoms with Crippen molar-refractivity contribution in [3.63, 3.8) is 0 Å². The quantitative estimate of drug-likeness (QED) is 0.614. The molecule has 6 nitrogen and oxygen atoms in total. The molecule has 0 saturated heterocycles. The van der Waals surface area contributed by atoms with Crippen molar-refractivity contribution in [2.24, 2.45) is 0 Å². The van der Waals surface area contributed by atoms with Gasteiger partial charge in [0.1, 0.15) is 6.54 Å². The minimum Gasteiger partial charge on any atom is -0.355 e. The normalized spacial score (nSPS) is 13.4. The molecule has 0 amide bonds. The molecule has 0 aliphatic rings. The van der Waals surface area contributed by atoms with E-state index in [9.17, 15) is 21.6 Å². The first-order valence-corrected chi connectivity index (χ1v) is 5.55. The summed E-state index contributed by atoms with van der Waals surface area (Å²) in [5.74, 6) is 0. The smallest absolute Gasteiger partial charge is 0.355 e. The molecule has 0 fully saturated rings. The third-order valence-corrected chi connectivity index (χ3v) is 2.50. The van der Waals surface area contributed by atoms with Crippen LogP contribution in [-0.2, 0) is 19.7 Å². The van der Waals surface area contributed by atoms with Crippen molar-refractivity contribution >= 4 is 10.2 Å². The van der Waals surface area contributed by atoms with Crippen LogP contribution in [0.5, 0.6) is 0 Å². The van der Waals surface area contributed by atoms with E-state index in [1.165, 1.54) is 18.9 Å². The van der Waals surface area contributed by atoms with Crippen LogP contribution in [0.3, 0.4) is 0 Å². The summed E-state index contributed by atoms with van der Waals surface area (Å²) in [5.41, 5.74) is 0. The third-order valence-electron chi connectivity index (χ3n) is 1.43. The lowest BCUT2D eigenvalue weighted by atomic mass is 10.6. The Hall–Kier alpha value is -0.420. The number of ether oxygens (including phenoxy) is 2. The zero-order valence-electron chi connectivity index (χ0n) is 8.67. The molecule has 0 aliphatic carbocycles. The minimum absolute atomic E-state index is 0.291. The Labute approximate surface area is 91.3 Å². The average Bonchev–Trinajstić information content (AvgIpc) is 2.16. The van der Waals surface area contributed by atoms with Crippen LogP contribution in [0, 0.1) is 0 Å². The fraction of sp³-hybridized carbons (Fsp3) is 1.00. The summed E-state index contributed by atoms with van der Waals surface area (Å²) in [5, 5.41) is 0. The summed E-state index contributed by atoms with van der Waals surface area (Å²) in [6, 6.07) is 0. The summed E-state index contributed by atoms with van der Waals surface area (Å²) in [6.45, 7) is -1.92. The van der Waals surface area contributed by atoms with Crippen LogP contribution < -0.4 is 9.44 Å². The lowest BCUT2D eigenvalue weighted by molar-refractivity contribution is -0.121. The Bertz CT molecular complexity index is 289. The zero-order valence-corrected chi connectivity index (χ0v) is 9.48. The number of alkyl halides is 3. The van der Waals surface area contributed by atoms with E-state index in [4.69, 9.17) is 0 Å². The van der Waals surface area contributed by atoms with E-state index in [1.54, 1.807) is 0 Å². The molecule has 0 radical (unpaired) electrons.